The van der Waals surface area contributed by atoms with Crippen molar-refractivity contribution in [3.8, 4) is 0 Å². The lowest BCUT2D eigenvalue weighted by Crippen LogP contribution is -2.28. The molecule has 0 atom stereocenters. The van der Waals surface area contributed by atoms with Crippen LogP contribution in [0, 0.1) is 5.82 Å². The Morgan fingerprint density at radius 1 is 1.00 bits per heavy atom. The van der Waals surface area contributed by atoms with Crippen molar-refractivity contribution in [2.24, 2.45) is 0 Å². The Bertz CT molecular complexity index is 951. The first-order valence-electron chi connectivity index (χ1n) is 7.58. The molecule has 0 fully saturated rings. The monoisotopic (exact) mass is 357 g/mol. The Kier molecular flexibility index (Phi) is 5.00. The minimum absolute atomic E-state index is 0.0298. The molecule has 0 saturated heterocycles. The zero-order valence-electron chi connectivity index (χ0n) is 13.2. The van der Waals surface area contributed by atoms with Crippen LogP contribution >= 0.6 is 0 Å². The van der Waals surface area contributed by atoms with Crippen LogP contribution in [-0.4, -0.2) is 8.42 Å². The van der Waals surface area contributed by atoms with E-state index in [1.807, 2.05) is 18.2 Å². The van der Waals surface area contributed by atoms with Crippen LogP contribution < -0.4 is 4.31 Å². The van der Waals surface area contributed by atoms with Gasteiger partial charge < -0.3 is 4.42 Å². The first-order valence-corrected chi connectivity index (χ1v) is 9.09. The fourth-order valence-corrected chi connectivity index (χ4v) is 3.50. The number of halogens is 1. The molecule has 25 heavy (non-hydrogen) atoms. The third-order valence-corrected chi connectivity index (χ3v) is 4.95. The summed E-state index contributed by atoms with van der Waals surface area (Å²) in [5.41, 5.74) is 0.984. The van der Waals surface area contributed by atoms with Crippen LogP contribution in [-0.2, 0) is 16.6 Å². The molecule has 3 rings (SSSR count). The van der Waals surface area contributed by atoms with E-state index in [0.29, 0.717) is 5.76 Å². The minimum Gasteiger partial charge on any atom is -0.467 e. The van der Waals surface area contributed by atoms with Crippen LogP contribution in [0.25, 0.3) is 6.08 Å². The molecule has 0 spiro atoms. The Balaban J connectivity index is 1.96. The molecule has 1 aromatic heterocycles. The van der Waals surface area contributed by atoms with Gasteiger partial charge in [-0.1, -0.05) is 36.4 Å². The maximum atomic E-state index is 13.6. The van der Waals surface area contributed by atoms with Crippen LogP contribution in [0.1, 0.15) is 11.3 Å². The maximum absolute atomic E-state index is 13.6. The SMILES string of the molecule is O=S(=O)(/C=C/c1ccccc1)N(Cc1ccco1)c1cccc(F)c1. The molecule has 0 radical (unpaired) electrons. The van der Waals surface area contributed by atoms with E-state index in [0.717, 1.165) is 15.3 Å². The molecule has 6 heteroatoms. The number of benzene rings is 2. The molecule has 4 nitrogen and oxygen atoms in total. The zero-order valence-corrected chi connectivity index (χ0v) is 14.1. The molecule has 2 aromatic carbocycles. The Morgan fingerprint density at radius 3 is 2.48 bits per heavy atom. The van der Waals surface area contributed by atoms with E-state index in [1.54, 1.807) is 30.3 Å². The molecule has 1 heterocycles. The lowest BCUT2D eigenvalue weighted by atomic mass is 10.2. The summed E-state index contributed by atoms with van der Waals surface area (Å²) >= 11 is 0. The van der Waals surface area contributed by atoms with Crippen molar-refractivity contribution >= 4 is 21.8 Å². The lowest BCUT2D eigenvalue weighted by Gasteiger charge is -2.21. The second-order valence-electron chi connectivity index (χ2n) is 5.32. The summed E-state index contributed by atoms with van der Waals surface area (Å²) in [6.45, 7) is -0.0298. The number of nitrogens with zero attached hydrogens (tertiary/aromatic N) is 1. The molecule has 3 aromatic rings. The van der Waals surface area contributed by atoms with Crippen molar-refractivity contribution in [2.75, 3.05) is 4.31 Å². The third-order valence-electron chi connectivity index (χ3n) is 3.51. The quantitative estimate of drug-likeness (QED) is 0.656. The van der Waals surface area contributed by atoms with Gasteiger partial charge in [0.1, 0.15) is 11.6 Å². The van der Waals surface area contributed by atoms with Gasteiger partial charge >= 0.3 is 0 Å². The predicted molar refractivity (Wildman–Crippen MR) is 95.7 cm³/mol. The zero-order chi connectivity index (χ0) is 17.7. The summed E-state index contributed by atoms with van der Waals surface area (Å²) < 4.78 is 45.6. The number of furan rings is 1. The average Bonchev–Trinajstić information content (AvgIpc) is 3.12. The number of sulfonamides is 1. The molecule has 0 bridgehead atoms. The highest BCUT2D eigenvalue weighted by Gasteiger charge is 2.21. The van der Waals surface area contributed by atoms with Crippen molar-refractivity contribution in [3.63, 3.8) is 0 Å². The van der Waals surface area contributed by atoms with E-state index in [4.69, 9.17) is 4.42 Å². The van der Waals surface area contributed by atoms with Gasteiger partial charge in [-0.3, -0.25) is 4.31 Å². The number of anilines is 1. The van der Waals surface area contributed by atoms with Gasteiger partial charge in [0, 0.05) is 0 Å². The van der Waals surface area contributed by atoms with Gasteiger partial charge in [-0.25, -0.2) is 12.8 Å². The van der Waals surface area contributed by atoms with Gasteiger partial charge in [-0.05, 0) is 42.0 Å². The highest BCUT2D eigenvalue weighted by Crippen LogP contribution is 2.23. The molecule has 0 aliphatic carbocycles. The molecular weight excluding hydrogens is 341 g/mol. The molecule has 0 aliphatic heterocycles. The van der Waals surface area contributed by atoms with E-state index >= 15 is 0 Å². The predicted octanol–water partition coefficient (Wildman–Crippen LogP) is 4.43. The van der Waals surface area contributed by atoms with Crippen molar-refractivity contribution in [2.45, 2.75) is 6.54 Å². The summed E-state index contributed by atoms with van der Waals surface area (Å²) in [7, 11) is -3.84. The van der Waals surface area contributed by atoms with Gasteiger partial charge in [0.2, 0.25) is 0 Å². The molecule has 0 aliphatic rings. The largest absolute Gasteiger partial charge is 0.467 e. The number of rotatable bonds is 6. The normalized spacial score (nSPS) is 11.7. The van der Waals surface area contributed by atoms with Crippen LogP contribution in [0.4, 0.5) is 10.1 Å². The van der Waals surface area contributed by atoms with Crippen molar-refractivity contribution in [1.82, 2.24) is 0 Å². The number of hydrogen-bond donors (Lipinski definition) is 0. The summed E-state index contributed by atoms with van der Waals surface area (Å²) in [5, 5.41) is 1.11. The Morgan fingerprint density at radius 2 is 1.80 bits per heavy atom. The fourth-order valence-electron chi connectivity index (χ4n) is 2.31. The van der Waals surface area contributed by atoms with Crippen LogP contribution in [0.15, 0.2) is 82.8 Å². The molecule has 0 amide bonds. The molecule has 0 saturated carbocycles. The highest BCUT2D eigenvalue weighted by atomic mass is 32.2. The fraction of sp³-hybridized carbons (Fsp3) is 0.0526. The number of hydrogen-bond acceptors (Lipinski definition) is 3. The summed E-state index contributed by atoms with van der Waals surface area (Å²) in [5.74, 6) is -0.0508. The van der Waals surface area contributed by atoms with E-state index < -0.39 is 15.8 Å². The van der Waals surface area contributed by atoms with Gasteiger partial charge in [0.25, 0.3) is 10.0 Å². The molecule has 128 valence electrons. The smallest absolute Gasteiger partial charge is 0.257 e. The van der Waals surface area contributed by atoms with Crippen molar-refractivity contribution in [3.05, 3.63) is 95.5 Å². The molecule has 0 N–H and O–H groups in total. The second-order valence-corrected chi connectivity index (χ2v) is 7.07. The van der Waals surface area contributed by atoms with Gasteiger partial charge in [0.05, 0.1) is 23.9 Å². The standard InChI is InChI=1S/C19H16FNO3S/c20-17-8-4-9-18(14-17)21(15-19-10-5-12-24-19)25(22,23)13-11-16-6-2-1-3-7-16/h1-14H,15H2/b13-11+. The first-order chi connectivity index (χ1) is 12.0. The summed E-state index contributed by atoms with van der Waals surface area (Å²) in [4.78, 5) is 0. The molecular formula is C19H16FNO3S. The van der Waals surface area contributed by atoms with E-state index in [9.17, 15) is 12.8 Å². The van der Waals surface area contributed by atoms with Crippen LogP contribution in [0.3, 0.4) is 0 Å². The average molecular weight is 357 g/mol. The van der Waals surface area contributed by atoms with Crippen LogP contribution in [0.5, 0.6) is 0 Å². The lowest BCUT2D eigenvalue weighted by molar-refractivity contribution is 0.509. The van der Waals surface area contributed by atoms with Crippen molar-refractivity contribution in [1.29, 1.82) is 0 Å². The van der Waals surface area contributed by atoms with E-state index in [1.165, 1.54) is 30.5 Å². The van der Waals surface area contributed by atoms with Gasteiger partial charge in [-0.2, -0.15) is 0 Å². The van der Waals surface area contributed by atoms with Gasteiger partial charge in [0.15, 0.2) is 0 Å². The highest BCUT2D eigenvalue weighted by molar-refractivity contribution is 7.95. The van der Waals surface area contributed by atoms with Crippen LogP contribution in [0.2, 0.25) is 0 Å². The minimum atomic E-state index is -3.84. The van der Waals surface area contributed by atoms with E-state index in [-0.39, 0.29) is 12.2 Å². The van der Waals surface area contributed by atoms with Crippen molar-refractivity contribution < 1.29 is 17.2 Å². The second kappa shape index (κ2) is 7.36. The topological polar surface area (TPSA) is 50.5 Å². The Hall–Kier alpha value is -2.86. The van der Waals surface area contributed by atoms with Gasteiger partial charge in [-0.15, -0.1) is 0 Å². The summed E-state index contributed by atoms with van der Waals surface area (Å²) in [6, 6.07) is 17.9. The summed E-state index contributed by atoms with van der Waals surface area (Å²) in [6.07, 6.45) is 2.97. The van der Waals surface area contributed by atoms with E-state index in [2.05, 4.69) is 0 Å². The maximum Gasteiger partial charge on any atom is 0.257 e. The Labute approximate surface area is 145 Å². The molecule has 0 unspecified atom stereocenters. The third kappa shape index (κ3) is 4.36. The first kappa shape index (κ1) is 17.0.